The molecule has 2 aliphatic rings. The first-order valence-electron chi connectivity index (χ1n) is 5.73. The van der Waals surface area contributed by atoms with E-state index in [1.165, 1.54) is 12.2 Å². The second-order valence-electron chi connectivity index (χ2n) is 4.20. The molecule has 0 atom stereocenters. The van der Waals surface area contributed by atoms with Gasteiger partial charge < -0.3 is 0 Å². The number of rotatable bonds is 1. The average molecular weight is 255 g/mol. The molecule has 0 spiro atoms. The number of carbonyl (C=O) groups is 1. The van der Waals surface area contributed by atoms with Gasteiger partial charge in [0, 0.05) is 30.2 Å². The number of Topliss-reactive ketones (excluding diaryl/α,β-unsaturated/α-hetero) is 1. The summed E-state index contributed by atoms with van der Waals surface area (Å²) in [6.07, 6.45) is 3.21. The van der Waals surface area contributed by atoms with Gasteiger partial charge in [0.2, 0.25) is 0 Å². The molecule has 1 aliphatic carbocycles. The Morgan fingerprint density at radius 2 is 2.06 bits per heavy atom. The van der Waals surface area contributed by atoms with E-state index in [1.807, 2.05) is 0 Å². The predicted molar refractivity (Wildman–Crippen MR) is 62.3 cm³/mol. The summed E-state index contributed by atoms with van der Waals surface area (Å²) in [4.78, 5) is 15.1. The van der Waals surface area contributed by atoms with Crippen molar-refractivity contribution in [3.05, 3.63) is 35.6 Å². The van der Waals surface area contributed by atoms with E-state index in [9.17, 15) is 18.0 Å². The molecule has 2 rings (SSSR count). The maximum atomic E-state index is 12.5. The van der Waals surface area contributed by atoms with E-state index in [2.05, 4.69) is 4.99 Å². The maximum Gasteiger partial charge on any atom is 0.429 e. The Hall–Kier alpha value is -1.65. The normalized spacial score (nSPS) is 21.1. The lowest BCUT2D eigenvalue weighted by Gasteiger charge is -2.11. The number of ketones is 1. The van der Waals surface area contributed by atoms with Gasteiger partial charge in [-0.2, -0.15) is 13.2 Å². The van der Waals surface area contributed by atoms with Gasteiger partial charge >= 0.3 is 6.18 Å². The van der Waals surface area contributed by atoms with E-state index >= 15 is 0 Å². The molecule has 0 bridgehead atoms. The molecular formula is C13H12F3NO. The lowest BCUT2D eigenvalue weighted by atomic mass is 9.92. The van der Waals surface area contributed by atoms with Gasteiger partial charge in [-0.3, -0.25) is 9.79 Å². The van der Waals surface area contributed by atoms with Crippen LogP contribution in [0, 0.1) is 0 Å². The molecule has 0 saturated heterocycles. The minimum absolute atomic E-state index is 0.0252. The van der Waals surface area contributed by atoms with Gasteiger partial charge in [0.25, 0.3) is 0 Å². The molecule has 0 N–H and O–H groups in total. The van der Waals surface area contributed by atoms with Crippen molar-refractivity contribution in [1.29, 1.82) is 0 Å². The molecular weight excluding hydrogens is 243 g/mol. The molecule has 0 aromatic carbocycles. The summed E-state index contributed by atoms with van der Waals surface area (Å²) >= 11 is 0. The van der Waals surface area contributed by atoms with Crippen LogP contribution in [0.4, 0.5) is 13.2 Å². The van der Waals surface area contributed by atoms with Gasteiger partial charge in [-0.1, -0.05) is 18.2 Å². The second kappa shape index (κ2) is 4.92. The minimum Gasteiger partial charge on any atom is -0.294 e. The number of carbonyl (C=O) groups excluding carboxylic acids is 1. The second-order valence-corrected chi connectivity index (χ2v) is 4.20. The molecule has 0 unspecified atom stereocenters. The first kappa shape index (κ1) is 12.8. The highest BCUT2D eigenvalue weighted by atomic mass is 19.4. The Bertz CT molecular complexity index is 481. The summed E-state index contributed by atoms with van der Waals surface area (Å²) in [6.45, 7) is 0. The van der Waals surface area contributed by atoms with Gasteiger partial charge in [-0.25, -0.2) is 0 Å². The fourth-order valence-corrected chi connectivity index (χ4v) is 1.93. The molecule has 0 saturated carbocycles. The number of aliphatic imine (C=N–C) groups is 1. The van der Waals surface area contributed by atoms with Gasteiger partial charge in [-0.05, 0) is 12.8 Å². The fourth-order valence-electron chi connectivity index (χ4n) is 1.93. The van der Waals surface area contributed by atoms with E-state index in [1.54, 1.807) is 6.08 Å². The predicted octanol–water partition coefficient (Wildman–Crippen LogP) is 3.51. The van der Waals surface area contributed by atoms with Crippen molar-refractivity contribution < 1.29 is 18.0 Å². The summed E-state index contributed by atoms with van der Waals surface area (Å²) in [5, 5.41) is 0. The standard InChI is InChI=1S/C13H12F3NO/c14-13(15,16)12-7-3-4-9(8-17-12)10-5-1-2-6-11(10)18/h3-5,8H,1-2,6-7H2. The molecule has 5 heteroatoms. The van der Waals surface area contributed by atoms with Crippen molar-refractivity contribution in [1.82, 2.24) is 0 Å². The smallest absolute Gasteiger partial charge is 0.294 e. The first-order valence-corrected chi connectivity index (χ1v) is 5.73. The molecule has 0 amide bonds. The molecule has 0 aromatic rings. The number of hydrogen-bond acceptors (Lipinski definition) is 2. The van der Waals surface area contributed by atoms with Crippen molar-refractivity contribution in [2.75, 3.05) is 0 Å². The van der Waals surface area contributed by atoms with Crippen LogP contribution in [0.5, 0.6) is 0 Å². The zero-order valence-electron chi connectivity index (χ0n) is 9.63. The van der Waals surface area contributed by atoms with Crippen LogP contribution in [0.2, 0.25) is 0 Å². The zero-order chi connectivity index (χ0) is 13.2. The quantitative estimate of drug-likeness (QED) is 0.705. The molecule has 96 valence electrons. The number of alkyl halides is 3. The number of hydrogen-bond donors (Lipinski definition) is 0. The monoisotopic (exact) mass is 255 g/mol. The Morgan fingerprint density at radius 1 is 1.28 bits per heavy atom. The number of allylic oxidation sites excluding steroid dienone is 5. The number of halogens is 3. The lowest BCUT2D eigenvalue weighted by molar-refractivity contribution is -0.115. The third kappa shape index (κ3) is 2.78. The van der Waals surface area contributed by atoms with Gasteiger partial charge in [0.15, 0.2) is 5.78 Å². The van der Waals surface area contributed by atoms with Crippen molar-refractivity contribution in [2.24, 2.45) is 4.99 Å². The van der Waals surface area contributed by atoms with Crippen LogP contribution in [-0.4, -0.2) is 17.7 Å². The molecule has 1 aliphatic heterocycles. The Balaban J connectivity index is 2.30. The van der Waals surface area contributed by atoms with E-state index < -0.39 is 11.9 Å². The van der Waals surface area contributed by atoms with Crippen LogP contribution in [0.25, 0.3) is 0 Å². The van der Waals surface area contributed by atoms with Crippen LogP contribution in [0.3, 0.4) is 0 Å². The summed E-state index contributed by atoms with van der Waals surface area (Å²) in [6, 6.07) is 0. The van der Waals surface area contributed by atoms with Crippen LogP contribution in [0.15, 0.2) is 40.6 Å². The molecule has 18 heavy (non-hydrogen) atoms. The van der Waals surface area contributed by atoms with E-state index in [0.717, 1.165) is 19.0 Å². The van der Waals surface area contributed by atoms with Crippen molar-refractivity contribution in [3.63, 3.8) is 0 Å². The topological polar surface area (TPSA) is 29.4 Å². The van der Waals surface area contributed by atoms with Crippen molar-refractivity contribution >= 4 is 11.5 Å². The highest BCUT2D eigenvalue weighted by Gasteiger charge is 2.34. The highest BCUT2D eigenvalue weighted by molar-refractivity contribution is 6.01. The Labute approximate surface area is 103 Å². The van der Waals surface area contributed by atoms with Crippen LogP contribution < -0.4 is 0 Å². The summed E-state index contributed by atoms with van der Waals surface area (Å²) in [5.41, 5.74) is 0.126. The fraction of sp³-hybridized carbons (Fsp3) is 0.385. The first-order chi connectivity index (χ1) is 8.48. The lowest BCUT2D eigenvalue weighted by Crippen LogP contribution is -2.21. The molecule has 0 radical (unpaired) electrons. The van der Waals surface area contributed by atoms with Crippen LogP contribution >= 0.6 is 0 Å². The molecule has 2 nitrogen and oxygen atoms in total. The third-order valence-corrected chi connectivity index (χ3v) is 2.86. The molecule has 1 heterocycles. The summed E-state index contributed by atoms with van der Waals surface area (Å²) < 4.78 is 37.5. The Morgan fingerprint density at radius 3 is 2.72 bits per heavy atom. The van der Waals surface area contributed by atoms with Crippen molar-refractivity contribution in [3.8, 4) is 0 Å². The molecule has 0 aromatic heterocycles. The average Bonchev–Trinajstić information content (AvgIpc) is 2.54. The number of nitrogens with zero attached hydrogens (tertiary/aromatic N) is 1. The summed E-state index contributed by atoms with van der Waals surface area (Å²) in [7, 11) is 0. The minimum atomic E-state index is -4.42. The highest BCUT2D eigenvalue weighted by Crippen LogP contribution is 2.26. The zero-order valence-corrected chi connectivity index (χ0v) is 9.63. The van der Waals surface area contributed by atoms with Gasteiger partial charge in [-0.15, -0.1) is 0 Å². The van der Waals surface area contributed by atoms with Crippen LogP contribution in [-0.2, 0) is 4.79 Å². The van der Waals surface area contributed by atoms with Gasteiger partial charge in [0.05, 0.1) is 0 Å². The van der Waals surface area contributed by atoms with Crippen molar-refractivity contribution in [2.45, 2.75) is 31.9 Å². The third-order valence-electron chi connectivity index (χ3n) is 2.86. The Kier molecular flexibility index (Phi) is 3.50. The van der Waals surface area contributed by atoms with Gasteiger partial charge in [0.1, 0.15) is 5.71 Å². The van der Waals surface area contributed by atoms with E-state index in [0.29, 0.717) is 17.6 Å². The molecule has 0 fully saturated rings. The maximum absolute atomic E-state index is 12.5. The summed E-state index contributed by atoms with van der Waals surface area (Å²) in [5.74, 6) is -0.0252. The van der Waals surface area contributed by atoms with Crippen LogP contribution in [0.1, 0.15) is 25.7 Å². The van der Waals surface area contributed by atoms with E-state index in [-0.39, 0.29) is 12.2 Å². The largest absolute Gasteiger partial charge is 0.429 e. The van der Waals surface area contributed by atoms with E-state index in [4.69, 9.17) is 0 Å². The SMILES string of the molecule is O=C1CCCC=C1C1=CN=C(C(F)(F)F)CC=C1.